The van der Waals surface area contributed by atoms with Crippen molar-refractivity contribution >= 4 is 18.3 Å². The minimum Gasteiger partial charge on any atom is -0.463 e. The first-order valence-electron chi connectivity index (χ1n) is 9.84. The molecule has 1 aromatic heterocycles. The zero-order valence-electron chi connectivity index (χ0n) is 16.8. The van der Waals surface area contributed by atoms with E-state index >= 15 is 0 Å². The second kappa shape index (κ2) is 7.69. The Morgan fingerprint density at radius 3 is 2.66 bits per heavy atom. The topological polar surface area (TPSA) is 36.7 Å². The Morgan fingerprint density at radius 2 is 1.83 bits per heavy atom. The van der Waals surface area contributed by atoms with E-state index < -0.39 is 0 Å². The molecule has 0 fully saturated rings. The SMILES string of the molecule is CN(C)Cc1cc2c(o1)CN(C(=O)c1ccc3c(c1)Cc1ccccc1-3)CC2.Cl. The van der Waals surface area contributed by atoms with Crippen LogP contribution in [0, 0.1) is 0 Å². The fraction of sp³-hybridized carbons (Fsp3) is 0.292. The van der Waals surface area contributed by atoms with Gasteiger partial charge < -0.3 is 14.2 Å². The standard InChI is InChI=1S/C24H24N2O2.ClH/c1-25(2)14-20-13-17-9-10-26(15-23(17)28-20)24(27)18-7-8-22-19(12-18)11-16-5-3-4-6-21(16)22;/h3-8,12-13H,9-11,14-15H2,1-2H3;1H. The number of rotatable bonds is 3. The van der Waals surface area contributed by atoms with Crippen molar-refractivity contribution in [1.29, 1.82) is 0 Å². The number of fused-ring (bicyclic) bond motifs is 4. The summed E-state index contributed by atoms with van der Waals surface area (Å²) in [5.74, 6) is 2.00. The Bertz CT molecular complexity index is 1070. The average molecular weight is 409 g/mol. The predicted molar refractivity (Wildman–Crippen MR) is 116 cm³/mol. The second-order valence-electron chi connectivity index (χ2n) is 8.08. The molecule has 0 saturated carbocycles. The van der Waals surface area contributed by atoms with E-state index in [4.69, 9.17) is 4.42 Å². The van der Waals surface area contributed by atoms with E-state index in [1.807, 2.05) is 25.1 Å². The molecular formula is C24H25ClN2O2. The number of carbonyl (C=O) groups is 1. The van der Waals surface area contributed by atoms with E-state index in [-0.39, 0.29) is 18.3 Å². The third kappa shape index (κ3) is 3.59. The minimum atomic E-state index is 0. The van der Waals surface area contributed by atoms with Gasteiger partial charge in [0, 0.05) is 12.1 Å². The van der Waals surface area contributed by atoms with Crippen molar-refractivity contribution in [2.45, 2.75) is 25.9 Å². The van der Waals surface area contributed by atoms with Crippen LogP contribution in [0.1, 0.15) is 38.6 Å². The number of halogens is 1. The summed E-state index contributed by atoms with van der Waals surface area (Å²) >= 11 is 0. The summed E-state index contributed by atoms with van der Waals surface area (Å²) in [4.78, 5) is 17.1. The first-order valence-corrected chi connectivity index (χ1v) is 9.84. The van der Waals surface area contributed by atoms with Gasteiger partial charge in [0.2, 0.25) is 0 Å². The zero-order valence-corrected chi connectivity index (χ0v) is 17.6. The third-order valence-corrected chi connectivity index (χ3v) is 5.73. The van der Waals surface area contributed by atoms with Crippen molar-refractivity contribution in [2.24, 2.45) is 0 Å². The van der Waals surface area contributed by atoms with E-state index in [0.29, 0.717) is 6.54 Å². The van der Waals surface area contributed by atoms with Gasteiger partial charge in [0.25, 0.3) is 5.91 Å². The molecule has 0 N–H and O–H groups in total. The van der Waals surface area contributed by atoms with Gasteiger partial charge in [0.15, 0.2) is 0 Å². The van der Waals surface area contributed by atoms with Gasteiger partial charge >= 0.3 is 0 Å². The molecule has 5 rings (SSSR count). The summed E-state index contributed by atoms with van der Waals surface area (Å²) < 4.78 is 6.01. The van der Waals surface area contributed by atoms with Gasteiger partial charge in [-0.3, -0.25) is 4.79 Å². The number of nitrogens with zero attached hydrogens (tertiary/aromatic N) is 2. The third-order valence-electron chi connectivity index (χ3n) is 5.73. The van der Waals surface area contributed by atoms with Crippen LogP contribution in [-0.2, 0) is 25.9 Å². The van der Waals surface area contributed by atoms with Crippen molar-refractivity contribution < 1.29 is 9.21 Å². The van der Waals surface area contributed by atoms with Crippen molar-refractivity contribution in [1.82, 2.24) is 9.80 Å². The molecule has 5 heteroatoms. The summed E-state index contributed by atoms with van der Waals surface area (Å²) in [7, 11) is 4.06. The lowest BCUT2D eigenvalue weighted by atomic mass is 10.0. The fourth-order valence-corrected chi connectivity index (χ4v) is 4.40. The molecule has 0 bridgehead atoms. The Morgan fingerprint density at radius 1 is 1.03 bits per heavy atom. The van der Waals surface area contributed by atoms with E-state index in [1.54, 1.807) is 0 Å². The van der Waals surface area contributed by atoms with Crippen molar-refractivity contribution in [3.05, 3.63) is 82.3 Å². The summed E-state index contributed by atoms with van der Waals surface area (Å²) in [5, 5.41) is 0. The van der Waals surface area contributed by atoms with Gasteiger partial charge in [-0.05, 0) is 73.0 Å². The lowest BCUT2D eigenvalue weighted by molar-refractivity contribution is 0.0718. The smallest absolute Gasteiger partial charge is 0.254 e. The molecule has 150 valence electrons. The van der Waals surface area contributed by atoms with Gasteiger partial charge in [-0.25, -0.2) is 0 Å². The highest BCUT2D eigenvalue weighted by molar-refractivity contribution is 5.96. The summed E-state index contributed by atoms with van der Waals surface area (Å²) in [6.45, 7) is 2.08. The highest BCUT2D eigenvalue weighted by atomic mass is 35.5. The normalized spacial score (nSPS) is 14.2. The summed E-state index contributed by atoms with van der Waals surface area (Å²) in [6.07, 6.45) is 1.76. The molecule has 0 atom stereocenters. The van der Waals surface area contributed by atoms with Gasteiger partial charge in [-0.1, -0.05) is 30.3 Å². The highest BCUT2D eigenvalue weighted by Gasteiger charge is 2.26. The quantitative estimate of drug-likeness (QED) is 0.499. The maximum atomic E-state index is 13.1. The predicted octanol–water partition coefficient (Wildman–Crippen LogP) is 4.53. The first-order chi connectivity index (χ1) is 13.6. The molecule has 0 saturated heterocycles. The Hall–Kier alpha value is -2.56. The van der Waals surface area contributed by atoms with E-state index in [2.05, 4.69) is 47.4 Å². The minimum absolute atomic E-state index is 0. The van der Waals surface area contributed by atoms with Crippen LogP contribution in [0.15, 0.2) is 52.9 Å². The number of benzene rings is 2. The number of amides is 1. The van der Waals surface area contributed by atoms with Crippen LogP contribution in [0.4, 0.5) is 0 Å². The molecule has 2 aromatic carbocycles. The van der Waals surface area contributed by atoms with Crippen LogP contribution in [0.3, 0.4) is 0 Å². The first kappa shape index (κ1) is 19.7. The van der Waals surface area contributed by atoms with E-state index in [1.165, 1.54) is 27.8 Å². The molecule has 1 amide bonds. The molecule has 2 heterocycles. The highest BCUT2D eigenvalue weighted by Crippen LogP contribution is 2.37. The summed E-state index contributed by atoms with van der Waals surface area (Å²) in [5.41, 5.74) is 7.15. The number of hydrogen-bond donors (Lipinski definition) is 0. The summed E-state index contributed by atoms with van der Waals surface area (Å²) in [6, 6.07) is 16.8. The van der Waals surface area contributed by atoms with Crippen molar-refractivity contribution in [3.63, 3.8) is 0 Å². The molecule has 3 aromatic rings. The number of furan rings is 1. The number of carbonyl (C=O) groups excluding carboxylic acids is 1. The van der Waals surface area contributed by atoms with Crippen LogP contribution in [-0.4, -0.2) is 36.3 Å². The van der Waals surface area contributed by atoms with Crippen LogP contribution in [0.5, 0.6) is 0 Å². The molecule has 0 spiro atoms. The monoisotopic (exact) mass is 408 g/mol. The van der Waals surface area contributed by atoms with Gasteiger partial charge in [0.05, 0.1) is 13.1 Å². The lowest BCUT2D eigenvalue weighted by Crippen LogP contribution is -2.35. The maximum absolute atomic E-state index is 13.1. The largest absolute Gasteiger partial charge is 0.463 e. The van der Waals surface area contributed by atoms with Crippen LogP contribution < -0.4 is 0 Å². The van der Waals surface area contributed by atoms with Crippen LogP contribution in [0.25, 0.3) is 11.1 Å². The van der Waals surface area contributed by atoms with E-state index in [0.717, 1.165) is 43.0 Å². The maximum Gasteiger partial charge on any atom is 0.254 e. The molecule has 29 heavy (non-hydrogen) atoms. The molecule has 4 nitrogen and oxygen atoms in total. The fourth-order valence-electron chi connectivity index (χ4n) is 4.40. The van der Waals surface area contributed by atoms with Crippen LogP contribution in [0.2, 0.25) is 0 Å². The molecule has 0 unspecified atom stereocenters. The Kier molecular flexibility index (Phi) is 5.24. The average Bonchev–Trinajstić information content (AvgIpc) is 3.25. The van der Waals surface area contributed by atoms with Gasteiger partial charge in [-0.15, -0.1) is 12.4 Å². The van der Waals surface area contributed by atoms with Crippen LogP contribution >= 0.6 is 12.4 Å². The molecule has 1 aliphatic heterocycles. The zero-order chi connectivity index (χ0) is 19.3. The Balaban J connectivity index is 0.00000205. The molecule has 0 radical (unpaired) electrons. The van der Waals surface area contributed by atoms with Gasteiger partial charge in [-0.2, -0.15) is 0 Å². The molecule has 1 aliphatic carbocycles. The molecular weight excluding hydrogens is 384 g/mol. The second-order valence-corrected chi connectivity index (χ2v) is 8.08. The molecule has 2 aliphatic rings. The Labute approximate surface area is 177 Å². The van der Waals surface area contributed by atoms with Crippen molar-refractivity contribution in [3.8, 4) is 11.1 Å². The van der Waals surface area contributed by atoms with Crippen molar-refractivity contribution in [2.75, 3.05) is 20.6 Å². The number of hydrogen-bond acceptors (Lipinski definition) is 3. The lowest BCUT2D eigenvalue weighted by Gasteiger charge is -2.26. The van der Waals surface area contributed by atoms with E-state index in [9.17, 15) is 4.79 Å². The van der Waals surface area contributed by atoms with Gasteiger partial charge in [0.1, 0.15) is 11.5 Å².